The van der Waals surface area contributed by atoms with E-state index in [4.69, 9.17) is 0 Å². The molecule has 4 heteroatoms. The lowest BCUT2D eigenvalue weighted by Crippen LogP contribution is -2.01. The SMILES string of the molecule is CS/C=C(/C)n1cncc1C(C)O. The van der Waals surface area contributed by atoms with E-state index in [9.17, 15) is 5.11 Å². The molecule has 0 aliphatic rings. The Balaban J connectivity index is 3.00. The van der Waals surface area contributed by atoms with Crippen LogP contribution in [0.5, 0.6) is 0 Å². The quantitative estimate of drug-likeness (QED) is 0.808. The molecule has 0 aliphatic heterocycles. The van der Waals surface area contributed by atoms with Gasteiger partial charge >= 0.3 is 0 Å². The van der Waals surface area contributed by atoms with Gasteiger partial charge in [0, 0.05) is 5.70 Å². The molecule has 0 fully saturated rings. The molecule has 0 amide bonds. The van der Waals surface area contributed by atoms with Crippen LogP contribution in [-0.4, -0.2) is 20.9 Å². The van der Waals surface area contributed by atoms with Crippen LogP contribution in [0.3, 0.4) is 0 Å². The lowest BCUT2D eigenvalue weighted by molar-refractivity contribution is 0.192. The van der Waals surface area contributed by atoms with E-state index < -0.39 is 6.10 Å². The molecule has 13 heavy (non-hydrogen) atoms. The largest absolute Gasteiger partial charge is 0.387 e. The van der Waals surface area contributed by atoms with Crippen LogP contribution in [-0.2, 0) is 0 Å². The minimum atomic E-state index is -0.479. The summed E-state index contributed by atoms with van der Waals surface area (Å²) in [5.41, 5.74) is 1.89. The van der Waals surface area contributed by atoms with E-state index in [0.29, 0.717) is 0 Å². The Morgan fingerprint density at radius 1 is 1.77 bits per heavy atom. The molecule has 1 N–H and O–H groups in total. The van der Waals surface area contributed by atoms with Crippen LogP contribution in [0.4, 0.5) is 0 Å². The number of imidazole rings is 1. The standard InChI is InChI=1S/C9H14N2OS/c1-7(5-13-3)11-6-10-4-9(11)8(2)12/h4-6,8,12H,1-3H3/b7-5-. The number of hydrogen-bond acceptors (Lipinski definition) is 3. The van der Waals surface area contributed by atoms with E-state index in [1.165, 1.54) is 0 Å². The first-order chi connectivity index (χ1) is 6.16. The fraction of sp³-hybridized carbons (Fsp3) is 0.444. The fourth-order valence-corrected chi connectivity index (χ4v) is 1.59. The number of allylic oxidation sites excluding steroid dienone is 1. The Bertz CT molecular complexity index is 304. The summed E-state index contributed by atoms with van der Waals surface area (Å²) in [5, 5.41) is 11.4. The van der Waals surface area contributed by atoms with Gasteiger partial charge in [-0.1, -0.05) is 0 Å². The number of thioether (sulfide) groups is 1. The highest BCUT2D eigenvalue weighted by molar-refractivity contribution is 8.01. The van der Waals surface area contributed by atoms with Crippen LogP contribution < -0.4 is 0 Å². The average molecular weight is 198 g/mol. The molecular formula is C9H14N2OS. The Labute approximate surface area is 82.5 Å². The summed E-state index contributed by atoms with van der Waals surface area (Å²) < 4.78 is 1.89. The van der Waals surface area contributed by atoms with Crippen molar-refractivity contribution in [2.45, 2.75) is 20.0 Å². The van der Waals surface area contributed by atoms with Gasteiger partial charge in [-0.15, -0.1) is 11.8 Å². The zero-order valence-corrected chi connectivity index (χ0v) is 8.88. The van der Waals surface area contributed by atoms with E-state index in [-0.39, 0.29) is 0 Å². The molecule has 0 spiro atoms. The van der Waals surface area contributed by atoms with Gasteiger partial charge in [0.15, 0.2) is 0 Å². The molecule has 3 nitrogen and oxygen atoms in total. The van der Waals surface area contributed by atoms with Crippen molar-refractivity contribution in [2.24, 2.45) is 0 Å². The Morgan fingerprint density at radius 3 is 3.00 bits per heavy atom. The second-order valence-corrected chi connectivity index (χ2v) is 3.57. The number of rotatable bonds is 3. The first-order valence-corrected chi connectivity index (χ1v) is 5.36. The van der Waals surface area contributed by atoms with E-state index in [0.717, 1.165) is 11.4 Å². The topological polar surface area (TPSA) is 38.0 Å². The van der Waals surface area contributed by atoms with E-state index >= 15 is 0 Å². The normalized spacial score (nSPS) is 14.6. The van der Waals surface area contributed by atoms with Crippen molar-refractivity contribution in [2.75, 3.05) is 6.26 Å². The van der Waals surface area contributed by atoms with Crippen molar-refractivity contribution in [3.8, 4) is 0 Å². The number of nitrogens with zero attached hydrogens (tertiary/aromatic N) is 2. The minimum Gasteiger partial charge on any atom is -0.387 e. The number of aliphatic hydroxyl groups is 1. The van der Waals surface area contributed by atoms with Crippen molar-refractivity contribution in [1.29, 1.82) is 0 Å². The Morgan fingerprint density at radius 2 is 2.46 bits per heavy atom. The molecule has 0 saturated heterocycles. The molecule has 1 aromatic heterocycles. The summed E-state index contributed by atoms with van der Waals surface area (Å²) in [6.07, 6.45) is 4.92. The summed E-state index contributed by atoms with van der Waals surface area (Å²) in [6.45, 7) is 3.73. The molecule has 1 aromatic rings. The van der Waals surface area contributed by atoms with Gasteiger partial charge in [-0.2, -0.15) is 0 Å². The summed E-state index contributed by atoms with van der Waals surface area (Å²) in [6, 6.07) is 0. The maximum atomic E-state index is 9.42. The van der Waals surface area contributed by atoms with Gasteiger partial charge < -0.3 is 9.67 Å². The van der Waals surface area contributed by atoms with Crippen molar-refractivity contribution in [3.05, 3.63) is 23.6 Å². The maximum Gasteiger partial charge on any atom is 0.0992 e. The van der Waals surface area contributed by atoms with E-state index in [1.54, 1.807) is 31.2 Å². The van der Waals surface area contributed by atoms with Crippen LogP contribution in [0.25, 0.3) is 5.70 Å². The van der Waals surface area contributed by atoms with E-state index in [1.807, 2.05) is 23.2 Å². The van der Waals surface area contributed by atoms with Crippen LogP contribution in [0.15, 0.2) is 17.9 Å². The van der Waals surface area contributed by atoms with Gasteiger partial charge in [0.25, 0.3) is 0 Å². The predicted molar refractivity (Wildman–Crippen MR) is 56.3 cm³/mol. The smallest absolute Gasteiger partial charge is 0.0992 e. The van der Waals surface area contributed by atoms with Crippen LogP contribution in [0.2, 0.25) is 0 Å². The number of aromatic nitrogens is 2. The fourth-order valence-electron chi connectivity index (χ4n) is 1.14. The highest BCUT2D eigenvalue weighted by Crippen LogP contribution is 2.17. The van der Waals surface area contributed by atoms with Crippen LogP contribution in [0.1, 0.15) is 25.6 Å². The lowest BCUT2D eigenvalue weighted by atomic mass is 10.3. The molecular weight excluding hydrogens is 184 g/mol. The van der Waals surface area contributed by atoms with Gasteiger partial charge in [0.05, 0.1) is 24.3 Å². The molecule has 1 unspecified atom stereocenters. The Hall–Kier alpha value is -0.740. The van der Waals surface area contributed by atoms with Crippen LogP contribution in [0, 0.1) is 0 Å². The van der Waals surface area contributed by atoms with Gasteiger partial charge in [0.1, 0.15) is 0 Å². The molecule has 0 bridgehead atoms. The second kappa shape index (κ2) is 4.48. The van der Waals surface area contributed by atoms with Crippen molar-refractivity contribution >= 4 is 17.5 Å². The summed E-state index contributed by atoms with van der Waals surface area (Å²) >= 11 is 1.64. The monoisotopic (exact) mass is 198 g/mol. The van der Waals surface area contributed by atoms with E-state index in [2.05, 4.69) is 4.98 Å². The predicted octanol–water partition coefficient (Wildman–Crippen LogP) is 2.12. The molecule has 0 aromatic carbocycles. The molecule has 72 valence electrons. The van der Waals surface area contributed by atoms with Crippen molar-refractivity contribution in [3.63, 3.8) is 0 Å². The third kappa shape index (κ3) is 2.35. The third-order valence-electron chi connectivity index (χ3n) is 1.76. The lowest BCUT2D eigenvalue weighted by Gasteiger charge is -2.09. The zero-order valence-electron chi connectivity index (χ0n) is 8.06. The average Bonchev–Trinajstić information content (AvgIpc) is 2.52. The summed E-state index contributed by atoms with van der Waals surface area (Å²) in [7, 11) is 0. The second-order valence-electron chi connectivity index (χ2n) is 2.86. The molecule has 1 heterocycles. The third-order valence-corrected chi connectivity index (χ3v) is 2.34. The Kier molecular flexibility index (Phi) is 3.57. The van der Waals surface area contributed by atoms with Crippen molar-refractivity contribution < 1.29 is 5.11 Å². The summed E-state index contributed by atoms with van der Waals surface area (Å²) in [5.74, 6) is 0. The maximum absolute atomic E-state index is 9.42. The van der Waals surface area contributed by atoms with Gasteiger partial charge in [-0.25, -0.2) is 4.98 Å². The first kappa shape index (κ1) is 10.3. The number of aliphatic hydroxyl groups excluding tert-OH is 1. The molecule has 0 saturated carbocycles. The highest BCUT2D eigenvalue weighted by Gasteiger charge is 2.07. The molecule has 1 rings (SSSR count). The highest BCUT2D eigenvalue weighted by atomic mass is 32.2. The van der Waals surface area contributed by atoms with Gasteiger partial charge in [0.2, 0.25) is 0 Å². The zero-order chi connectivity index (χ0) is 9.84. The number of hydrogen-bond donors (Lipinski definition) is 1. The molecule has 0 aliphatic carbocycles. The van der Waals surface area contributed by atoms with Gasteiger partial charge in [-0.05, 0) is 25.5 Å². The van der Waals surface area contributed by atoms with Crippen molar-refractivity contribution in [1.82, 2.24) is 9.55 Å². The summed E-state index contributed by atoms with van der Waals surface area (Å²) in [4.78, 5) is 4.00. The first-order valence-electron chi connectivity index (χ1n) is 4.07. The molecule has 0 radical (unpaired) electrons. The van der Waals surface area contributed by atoms with Crippen LogP contribution >= 0.6 is 11.8 Å². The minimum absolute atomic E-state index is 0.479. The molecule has 1 atom stereocenters. The van der Waals surface area contributed by atoms with Gasteiger partial charge in [-0.3, -0.25) is 0 Å².